The van der Waals surface area contributed by atoms with E-state index in [0.717, 1.165) is 58.0 Å². The van der Waals surface area contributed by atoms with E-state index in [1.54, 1.807) is 27.4 Å². The van der Waals surface area contributed by atoms with E-state index in [0.29, 0.717) is 78.4 Å². The fourth-order valence-corrected chi connectivity index (χ4v) is 6.55. The summed E-state index contributed by atoms with van der Waals surface area (Å²) >= 11 is 5.89. The van der Waals surface area contributed by atoms with Gasteiger partial charge in [0.1, 0.15) is 48.7 Å². The topological polar surface area (TPSA) is 155 Å². The molecule has 8 rings (SSSR count). The Kier molecular flexibility index (Phi) is 16.7. The third-order valence-corrected chi connectivity index (χ3v) is 9.20. The molecule has 0 bridgehead atoms. The van der Waals surface area contributed by atoms with Crippen molar-refractivity contribution in [3.05, 3.63) is 111 Å². The second-order valence-electron chi connectivity index (χ2n) is 12.8. The summed E-state index contributed by atoms with van der Waals surface area (Å²) in [7, 11) is 0. The van der Waals surface area contributed by atoms with Crippen LogP contribution in [0.1, 0.15) is 12.6 Å². The zero-order chi connectivity index (χ0) is 38.6. The van der Waals surface area contributed by atoms with Crippen LogP contribution in [0.25, 0.3) is 22.5 Å². The minimum Gasteiger partial charge on any atom is -1.00 e. The van der Waals surface area contributed by atoms with E-state index in [1.807, 2.05) is 42.5 Å². The van der Waals surface area contributed by atoms with Crippen LogP contribution < -0.4 is 55.1 Å². The number of benzene rings is 2. The third kappa shape index (κ3) is 11.4. The zero-order valence-electron chi connectivity index (χ0n) is 32.5. The summed E-state index contributed by atoms with van der Waals surface area (Å²) < 4.78 is 41.2. The van der Waals surface area contributed by atoms with Gasteiger partial charge < -0.3 is 39.7 Å². The molecule has 2 fully saturated rings. The molecule has 4 aliphatic heterocycles. The van der Waals surface area contributed by atoms with Gasteiger partial charge in [0, 0.05) is 36.3 Å². The Labute approximate surface area is 353 Å². The summed E-state index contributed by atoms with van der Waals surface area (Å²) in [6.07, 6.45) is 4.73. The van der Waals surface area contributed by atoms with Gasteiger partial charge in [-0.25, -0.2) is 9.59 Å². The standard InChI is InChI=1S/C20H22N2O5.C15H13ClN2O2.C5H10O3.Na.H/c1-2-7-25-15-3-4-17-14(10-15)5-6-22-18(17)11-19(21-20(22)23)27-13-16-12-24-8-9-26-16;1-2-7-20-11-3-4-12-10(8-11)5-6-18-13(12)9-14(16)17-15(18)19;6-3-5-4-7-1-2-8-5;;/h2-4,10-11,16H,1,5-9,12-13H2;2-4,8-9H,1,5-7H2;5-6H,1-4H2;;/q;;;+1;-1. The summed E-state index contributed by atoms with van der Waals surface area (Å²) in [5, 5.41) is 8.71. The van der Waals surface area contributed by atoms with Gasteiger partial charge in [0.05, 0.1) is 57.6 Å². The van der Waals surface area contributed by atoms with Crippen molar-refractivity contribution in [1.29, 1.82) is 0 Å². The van der Waals surface area contributed by atoms with Gasteiger partial charge in [-0.2, -0.15) is 9.97 Å². The molecule has 4 aliphatic rings. The van der Waals surface area contributed by atoms with Gasteiger partial charge in [0.2, 0.25) is 5.88 Å². The fourth-order valence-electron chi connectivity index (χ4n) is 6.38. The van der Waals surface area contributed by atoms with Crippen LogP contribution in [0, 0.1) is 0 Å². The van der Waals surface area contributed by atoms with Crippen molar-refractivity contribution < 1.29 is 69.2 Å². The Morgan fingerprint density at radius 2 is 1.30 bits per heavy atom. The fraction of sp³-hybridized carbons (Fsp3) is 0.400. The van der Waals surface area contributed by atoms with Crippen LogP contribution in [-0.4, -0.2) is 102 Å². The van der Waals surface area contributed by atoms with Crippen molar-refractivity contribution in [3.8, 4) is 39.9 Å². The number of hydrogen-bond donors (Lipinski definition) is 1. The average Bonchev–Trinajstić information content (AvgIpc) is 3.22. The number of aliphatic hydroxyl groups is 1. The quantitative estimate of drug-likeness (QED) is 0.138. The number of halogens is 1. The Morgan fingerprint density at radius 1 is 0.768 bits per heavy atom. The molecule has 2 atom stereocenters. The largest absolute Gasteiger partial charge is 1.00 e. The molecule has 56 heavy (non-hydrogen) atoms. The van der Waals surface area contributed by atoms with Crippen LogP contribution in [-0.2, 0) is 44.9 Å². The monoisotopic (exact) mass is 800 g/mol. The zero-order valence-corrected chi connectivity index (χ0v) is 34.3. The smallest absolute Gasteiger partial charge is 1.00 e. The molecule has 16 heteroatoms. The average molecular weight is 801 g/mol. The maximum absolute atomic E-state index is 12.4. The van der Waals surface area contributed by atoms with Crippen molar-refractivity contribution >= 4 is 11.6 Å². The van der Waals surface area contributed by atoms with E-state index in [-0.39, 0.29) is 66.3 Å². The van der Waals surface area contributed by atoms with Crippen LogP contribution >= 0.6 is 11.6 Å². The predicted molar refractivity (Wildman–Crippen MR) is 206 cm³/mol. The second kappa shape index (κ2) is 21.6. The molecule has 1 N–H and O–H groups in total. The van der Waals surface area contributed by atoms with Crippen molar-refractivity contribution in [3.63, 3.8) is 0 Å². The number of hydrogen-bond acceptors (Lipinski definition) is 12. The Bertz CT molecular complexity index is 2070. The second-order valence-corrected chi connectivity index (χ2v) is 13.2. The molecule has 0 spiro atoms. The van der Waals surface area contributed by atoms with Gasteiger partial charge >= 0.3 is 40.9 Å². The van der Waals surface area contributed by atoms with E-state index in [2.05, 4.69) is 23.1 Å². The number of aliphatic hydroxyl groups excluding tert-OH is 1. The minimum absolute atomic E-state index is 0. The van der Waals surface area contributed by atoms with E-state index in [1.165, 1.54) is 0 Å². The number of aromatic nitrogens is 4. The first-order valence-corrected chi connectivity index (χ1v) is 18.5. The Morgan fingerprint density at radius 3 is 1.80 bits per heavy atom. The Balaban J connectivity index is 0.000000211. The summed E-state index contributed by atoms with van der Waals surface area (Å²) in [5.41, 5.74) is 5.29. The number of nitrogens with zero attached hydrogens (tertiary/aromatic N) is 4. The van der Waals surface area contributed by atoms with Gasteiger partial charge in [0.15, 0.2) is 0 Å². The first-order chi connectivity index (χ1) is 26.9. The first kappa shape index (κ1) is 43.3. The third-order valence-electron chi connectivity index (χ3n) is 9.01. The Hall–Kier alpha value is -3.83. The van der Waals surface area contributed by atoms with Crippen molar-refractivity contribution in [1.82, 2.24) is 19.1 Å². The predicted octanol–water partition coefficient (Wildman–Crippen LogP) is 1.02. The van der Waals surface area contributed by atoms with Gasteiger partial charge in [0.25, 0.3) is 0 Å². The molecule has 6 heterocycles. The van der Waals surface area contributed by atoms with Crippen LogP contribution in [0.5, 0.6) is 17.4 Å². The number of rotatable bonds is 10. The molecule has 0 aliphatic carbocycles. The van der Waals surface area contributed by atoms with Crippen LogP contribution in [0.2, 0.25) is 5.15 Å². The number of fused-ring (bicyclic) bond motifs is 6. The van der Waals surface area contributed by atoms with Crippen LogP contribution in [0.3, 0.4) is 0 Å². The molecule has 2 unspecified atom stereocenters. The maximum atomic E-state index is 12.4. The molecular weight excluding hydrogens is 755 g/mol. The van der Waals surface area contributed by atoms with Crippen LogP contribution in [0.4, 0.5) is 0 Å². The van der Waals surface area contributed by atoms with Gasteiger partial charge in [-0.05, 0) is 60.4 Å². The van der Waals surface area contributed by atoms with Crippen LogP contribution in [0.15, 0.2) is 83.4 Å². The molecular formula is C40H46ClN4NaO10. The van der Waals surface area contributed by atoms with Gasteiger partial charge in [-0.15, -0.1) is 0 Å². The van der Waals surface area contributed by atoms with E-state index < -0.39 is 0 Å². The molecule has 294 valence electrons. The van der Waals surface area contributed by atoms with Gasteiger partial charge in [-0.1, -0.05) is 36.9 Å². The minimum atomic E-state index is -0.305. The van der Waals surface area contributed by atoms with E-state index >= 15 is 0 Å². The molecule has 0 amide bonds. The first-order valence-electron chi connectivity index (χ1n) is 18.1. The summed E-state index contributed by atoms with van der Waals surface area (Å²) in [6, 6.07) is 15.3. The normalized spacial score (nSPS) is 17.6. The SMILES string of the molecule is C=CCOc1ccc2c(c1)CCn1c-2cc(Cl)nc1=O.C=CCOc1ccc2c(c1)CCn1c-2cc(OCC2COCCO2)nc1=O.OCC1COCCO1.[H-].[Na+]. The summed E-state index contributed by atoms with van der Waals surface area (Å²) in [4.78, 5) is 32.1. The summed E-state index contributed by atoms with van der Waals surface area (Å²) in [5.74, 6) is 1.91. The maximum Gasteiger partial charge on any atom is 1.00 e. The number of ether oxygens (including phenoxy) is 7. The molecule has 4 aromatic rings. The van der Waals surface area contributed by atoms with Crippen molar-refractivity contribution in [2.45, 2.75) is 38.1 Å². The number of aryl methyl sites for hydroxylation is 2. The molecule has 2 saturated heterocycles. The molecule has 2 aromatic carbocycles. The van der Waals surface area contributed by atoms with E-state index in [4.69, 9.17) is 49.9 Å². The van der Waals surface area contributed by atoms with Crippen molar-refractivity contribution in [2.24, 2.45) is 0 Å². The molecule has 0 saturated carbocycles. The van der Waals surface area contributed by atoms with E-state index in [9.17, 15) is 9.59 Å². The molecule has 0 radical (unpaired) electrons. The summed E-state index contributed by atoms with van der Waals surface area (Å²) in [6.45, 7) is 13.3. The molecule has 14 nitrogen and oxygen atoms in total. The molecule has 2 aromatic heterocycles. The van der Waals surface area contributed by atoms with Crippen molar-refractivity contribution in [2.75, 3.05) is 66.1 Å². The van der Waals surface area contributed by atoms with Gasteiger partial charge in [-0.3, -0.25) is 9.13 Å².